The Morgan fingerprint density at radius 1 is 1.07 bits per heavy atom. The van der Waals surface area contributed by atoms with Crippen molar-refractivity contribution in [2.75, 3.05) is 13.2 Å². The van der Waals surface area contributed by atoms with Crippen molar-refractivity contribution >= 4 is 39.3 Å². The lowest BCUT2D eigenvalue weighted by Crippen LogP contribution is -2.43. The van der Waals surface area contributed by atoms with Gasteiger partial charge in [0, 0.05) is 10.6 Å². The molecule has 2 aromatic rings. The summed E-state index contributed by atoms with van der Waals surface area (Å²) in [5, 5.41) is 0.667. The molecule has 0 spiro atoms. The number of hydrazine groups is 1. The summed E-state index contributed by atoms with van der Waals surface area (Å²) in [4.78, 5) is 24.2. The Morgan fingerprint density at radius 2 is 1.72 bits per heavy atom. The lowest BCUT2D eigenvalue weighted by molar-refractivity contribution is -0.123. The number of nitrogens with one attached hydrogen (secondary N) is 2. The highest BCUT2D eigenvalue weighted by molar-refractivity contribution is 9.10. The number of hydrogen-bond donors (Lipinski definition) is 2. The second-order valence-electron chi connectivity index (χ2n) is 7.01. The first-order valence-corrected chi connectivity index (χ1v) is 10.3. The maximum absolute atomic E-state index is 12.2. The van der Waals surface area contributed by atoms with Crippen LogP contribution in [0.5, 0.6) is 11.5 Å². The monoisotopic (exact) mass is 482 g/mol. The zero-order valence-corrected chi connectivity index (χ0v) is 19.1. The van der Waals surface area contributed by atoms with Crippen LogP contribution in [0, 0.1) is 19.8 Å². The molecule has 0 aliphatic rings. The molecule has 0 heterocycles. The highest BCUT2D eigenvalue weighted by atomic mass is 79.9. The van der Waals surface area contributed by atoms with Gasteiger partial charge in [-0.05, 0) is 77.2 Å². The second kappa shape index (κ2) is 10.5. The van der Waals surface area contributed by atoms with Crippen molar-refractivity contribution in [1.29, 1.82) is 0 Å². The smallest absolute Gasteiger partial charge is 0.276 e. The molecule has 2 N–H and O–H groups in total. The van der Waals surface area contributed by atoms with Gasteiger partial charge in [0.25, 0.3) is 11.8 Å². The average molecular weight is 484 g/mol. The van der Waals surface area contributed by atoms with E-state index >= 15 is 0 Å². The molecule has 0 unspecified atom stereocenters. The molecule has 0 atom stereocenters. The molecule has 156 valence electrons. The van der Waals surface area contributed by atoms with Gasteiger partial charge in [0.1, 0.15) is 11.5 Å². The van der Waals surface area contributed by atoms with Crippen LogP contribution in [-0.2, 0) is 4.79 Å². The van der Waals surface area contributed by atoms with E-state index in [1.165, 1.54) is 0 Å². The van der Waals surface area contributed by atoms with E-state index in [9.17, 15) is 9.59 Å². The van der Waals surface area contributed by atoms with Crippen molar-refractivity contribution in [3.05, 3.63) is 56.5 Å². The van der Waals surface area contributed by atoms with E-state index in [1.54, 1.807) is 30.3 Å². The van der Waals surface area contributed by atoms with Gasteiger partial charge in [-0.1, -0.05) is 25.4 Å². The predicted molar refractivity (Wildman–Crippen MR) is 117 cm³/mol. The molecule has 2 rings (SSSR count). The predicted octanol–water partition coefficient (Wildman–Crippen LogP) is 4.59. The van der Waals surface area contributed by atoms with E-state index in [0.717, 1.165) is 11.1 Å². The molecule has 0 aliphatic carbocycles. The first-order chi connectivity index (χ1) is 13.7. The third-order valence-corrected chi connectivity index (χ3v) is 5.08. The van der Waals surface area contributed by atoms with E-state index in [-0.39, 0.29) is 6.61 Å². The molecule has 0 saturated heterocycles. The number of benzene rings is 2. The molecular formula is C21H24BrClN2O4. The van der Waals surface area contributed by atoms with Gasteiger partial charge >= 0.3 is 0 Å². The fourth-order valence-electron chi connectivity index (χ4n) is 2.39. The lowest BCUT2D eigenvalue weighted by atomic mass is 10.1. The second-order valence-corrected chi connectivity index (χ2v) is 8.24. The van der Waals surface area contributed by atoms with Crippen molar-refractivity contribution in [3.63, 3.8) is 0 Å². The summed E-state index contributed by atoms with van der Waals surface area (Å²) >= 11 is 9.50. The van der Waals surface area contributed by atoms with Gasteiger partial charge < -0.3 is 9.47 Å². The van der Waals surface area contributed by atoms with E-state index in [1.807, 2.05) is 13.8 Å². The maximum Gasteiger partial charge on any atom is 0.276 e. The number of halogens is 2. The standard InChI is InChI=1S/C21H24BrClN2O4/c1-12(2)10-29-18-6-5-15(9-17(18)22)21(27)25-24-19(26)11-28-16-7-13(3)20(23)14(4)8-16/h5-9,12H,10-11H2,1-4H3,(H,24,26)(H,25,27). The highest BCUT2D eigenvalue weighted by Crippen LogP contribution is 2.27. The summed E-state index contributed by atoms with van der Waals surface area (Å²) in [5.74, 6) is 0.642. The SMILES string of the molecule is Cc1cc(OCC(=O)NNC(=O)c2ccc(OCC(C)C)c(Br)c2)cc(C)c1Cl. The Labute approximate surface area is 184 Å². The van der Waals surface area contributed by atoms with Crippen LogP contribution >= 0.6 is 27.5 Å². The zero-order chi connectivity index (χ0) is 21.6. The Balaban J connectivity index is 1.85. The van der Waals surface area contributed by atoms with Crippen LogP contribution in [-0.4, -0.2) is 25.0 Å². The molecule has 2 aromatic carbocycles. The summed E-state index contributed by atoms with van der Waals surface area (Å²) in [6.45, 7) is 8.16. The van der Waals surface area contributed by atoms with Gasteiger partial charge in [-0.3, -0.25) is 20.4 Å². The van der Waals surface area contributed by atoms with Crippen molar-refractivity contribution in [1.82, 2.24) is 10.9 Å². The van der Waals surface area contributed by atoms with Crippen LogP contribution in [0.3, 0.4) is 0 Å². The summed E-state index contributed by atoms with van der Waals surface area (Å²) < 4.78 is 11.8. The van der Waals surface area contributed by atoms with Crippen LogP contribution in [0.1, 0.15) is 35.3 Å². The van der Waals surface area contributed by atoms with Gasteiger partial charge in [-0.2, -0.15) is 0 Å². The van der Waals surface area contributed by atoms with Crippen LogP contribution in [0.2, 0.25) is 5.02 Å². The zero-order valence-electron chi connectivity index (χ0n) is 16.8. The Morgan fingerprint density at radius 3 is 2.31 bits per heavy atom. The number of rotatable bonds is 7. The topological polar surface area (TPSA) is 76.7 Å². The number of hydrogen-bond acceptors (Lipinski definition) is 4. The molecule has 8 heteroatoms. The van der Waals surface area contributed by atoms with Crippen molar-refractivity contribution in [2.45, 2.75) is 27.7 Å². The van der Waals surface area contributed by atoms with Gasteiger partial charge in [0.15, 0.2) is 6.61 Å². The average Bonchev–Trinajstić information content (AvgIpc) is 2.67. The van der Waals surface area contributed by atoms with Gasteiger partial charge in [0.05, 0.1) is 11.1 Å². The summed E-state index contributed by atoms with van der Waals surface area (Å²) in [5.41, 5.74) is 6.79. The Bertz CT molecular complexity index is 879. The molecule has 6 nitrogen and oxygen atoms in total. The number of carbonyl (C=O) groups is 2. The van der Waals surface area contributed by atoms with Crippen LogP contribution in [0.15, 0.2) is 34.8 Å². The van der Waals surface area contributed by atoms with Crippen LogP contribution in [0.25, 0.3) is 0 Å². The first kappa shape index (κ1) is 23.0. The van der Waals surface area contributed by atoms with E-state index in [0.29, 0.717) is 39.1 Å². The molecule has 0 radical (unpaired) electrons. The molecule has 29 heavy (non-hydrogen) atoms. The van der Waals surface area contributed by atoms with E-state index < -0.39 is 11.8 Å². The van der Waals surface area contributed by atoms with Crippen molar-refractivity contribution in [2.24, 2.45) is 5.92 Å². The minimum absolute atomic E-state index is 0.244. The summed E-state index contributed by atoms with van der Waals surface area (Å²) in [7, 11) is 0. The minimum Gasteiger partial charge on any atom is -0.492 e. The maximum atomic E-state index is 12.2. The largest absolute Gasteiger partial charge is 0.492 e. The molecule has 0 aromatic heterocycles. The Hall–Kier alpha value is -2.25. The third kappa shape index (κ3) is 6.94. The first-order valence-electron chi connectivity index (χ1n) is 9.08. The third-order valence-electron chi connectivity index (χ3n) is 3.86. The van der Waals surface area contributed by atoms with Gasteiger partial charge in [-0.25, -0.2) is 0 Å². The minimum atomic E-state index is -0.487. The lowest BCUT2D eigenvalue weighted by Gasteiger charge is -2.12. The van der Waals surface area contributed by atoms with Gasteiger partial charge in [0.2, 0.25) is 0 Å². The summed E-state index contributed by atoms with van der Waals surface area (Å²) in [6, 6.07) is 8.46. The number of amides is 2. The molecule has 0 aliphatic heterocycles. The van der Waals surface area contributed by atoms with E-state index in [4.69, 9.17) is 21.1 Å². The molecule has 2 amide bonds. The van der Waals surface area contributed by atoms with Crippen LogP contribution < -0.4 is 20.3 Å². The number of carbonyl (C=O) groups excluding carboxylic acids is 2. The van der Waals surface area contributed by atoms with Gasteiger partial charge in [-0.15, -0.1) is 0 Å². The fraction of sp³-hybridized carbons (Fsp3) is 0.333. The molecule has 0 fully saturated rings. The normalized spacial score (nSPS) is 10.6. The fourth-order valence-corrected chi connectivity index (χ4v) is 2.99. The summed E-state index contributed by atoms with van der Waals surface area (Å²) in [6.07, 6.45) is 0. The Kier molecular flexibility index (Phi) is 8.34. The van der Waals surface area contributed by atoms with Crippen LogP contribution in [0.4, 0.5) is 0 Å². The van der Waals surface area contributed by atoms with Crippen molar-refractivity contribution < 1.29 is 19.1 Å². The number of ether oxygens (including phenoxy) is 2. The van der Waals surface area contributed by atoms with E-state index in [2.05, 4.69) is 40.6 Å². The van der Waals surface area contributed by atoms with Crippen molar-refractivity contribution in [3.8, 4) is 11.5 Å². The highest BCUT2D eigenvalue weighted by Gasteiger charge is 2.12. The number of aryl methyl sites for hydroxylation is 2. The molecule has 0 bridgehead atoms. The quantitative estimate of drug-likeness (QED) is 0.565. The molecular weight excluding hydrogens is 460 g/mol. The molecule has 0 saturated carbocycles.